The summed E-state index contributed by atoms with van der Waals surface area (Å²) >= 11 is 0. The molecule has 9 heteroatoms. The van der Waals surface area contributed by atoms with Crippen molar-refractivity contribution >= 4 is 16.1 Å². The van der Waals surface area contributed by atoms with Crippen LogP contribution in [-0.2, 0) is 15.6 Å². The van der Waals surface area contributed by atoms with Gasteiger partial charge in [-0.1, -0.05) is 18.9 Å². The summed E-state index contributed by atoms with van der Waals surface area (Å²) in [4.78, 5) is 15.6. The highest BCUT2D eigenvalue weighted by molar-refractivity contribution is 7.88. The van der Waals surface area contributed by atoms with Gasteiger partial charge in [0.2, 0.25) is 10.0 Å². The van der Waals surface area contributed by atoms with Gasteiger partial charge in [0.1, 0.15) is 0 Å². The lowest BCUT2D eigenvalue weighted by molar-refractivity contribution is 0.200. The molecule has 1 aliphatic rings. The fourth-order valence-corrected chi connectivity index (χ4v) is 4.37. The van der Waals surface area contributed by atoms with Gasteiger partial charge in [-0.15, -0.1) is 0 Å². The first kappa shape index (κ1) is 21.2. The van der Waals surface area contributed by atoms with Gasteiger partial charge in [0.05, 0.1) is 11.8 Å². The minimum atomic E-state index is -3.64. The SMILES string of the molecule is CNC(=O)Oc1cc(C(CCC2CC2)(NS(C)(=O)=O)c2ccncc2)ccc1F. The number of nitrogens with one attached hydrogen (secondary N) is 2. The predicted octanol–water partition coefficient (Wildman–Crippen LogP) is 2.92. The molecule has 1 amide bonds. The Morgan fingerprint density at radius 3 is 2.52 bits per heavy atom. The van der Waals surface area contributed by atoms with E-state index in [0.29, 0.717) is 23.5 Å². The highest BCUT2D eigenvalue weighted by Crippen LogP contribution is 2.42. The van der Waals surface area contributed by atoms with Gasteiger partial charge in [-0.2, -0.15) is 0 Å². The predicted molar refractivity (Wildman–Crippen MR) is 106 cm³/mol. The van der Waals surface area contributed by atoms with Gasteiger partial charge in [0.25, 0.3) is 0 Å². The maximum atomic E-state index is 14.3. The van der Waals surface area contributed by atoms with Crippen molar-refractivity contribution in [3.8, 4) is 5.75 Å². The Hall–Kier alpha value is -2.52. The normalized spacial score (nSPS) is 16.1. The zero-order valence-electron chi connectivity index (χ0n) is 16.3. The average Bonchev–Trinajstić information content (AvgIpc) is 3.51. The number of hydrogen-bond acceptors (Lipinski definition) is 5. The number of hydrogen-bond donors (Lipinski definition) is 2. The zero-order valence-corrected chi connectivity index (χ0v) is 17.1. The second-order valence-electron chi connectivity index (χ2n) is 7.28. The third kappa shape index (κ3) is 5.30. The van der Waals surface area contributed by atoms with Gasteiger partial charge in [-0.05, 0) is 54.2 Å². The molecule has 7 nitrogen and oxygen atoms in total. The maximum absolute atomic E-state index is 14.3. The van der Waals surface area contributed by atoms with E-state index in [-0.39, 0.29) is 5.75 Å². The number of pyridine rings is 1. The van der Waals surface area contributed by atoms with Crippen molar-refractivity contribution < 1.29 is 22.3 Å². The molecule has 0 saturated heterocycles. The van der Waals surface area contributed by atoms with Crippen molar-refractivity contribution in [2.75, 3.05) is 13.3 Å². The standard InChI is InChI=1S/C20H24FN3O4S/c1-22-19(25)28-18-13-16(5-6-17(18)21)20(24-29(2,26)27,10-7-14-3-4-14)15-8-11-23-12-9-15/h5-6,8-9,11-14,24H,3-4,7,10H2,1-2H3,(H,22,25). The van der Waals surface area contributed by atoms with Gasteiger partial charge >= 0.3 is 6.09 Å². The van der Waals surface area contributed by atoms with Crippen molar-refractivity contribution in [3.05, 3.63) is 59.7 Å². The Balaban J connectivity index is 2.14. The van der Waals surface area contributed by atoms with Crippen LogP contribution < -0.4 is 14.8 Å². The van der Waals surface area contributed by atoms with Crippen LogP contribution in [0.25, 0.3) is 0 Å². The summed E-state index contributed by atoms with van der Waals surface area (Å²) in [5, 5.41) is 2.27. The number of aromatic nitrogens is 1. The third-order valence-electron chi connectivity index (χ3n) is 4.99. The van der Waals surface area contributed by atoms with E-state index >= 15 is 0 Å². The van der Waals surface area contributed by atoms with Gasteiger partial charge in [-0.3, -0.25) is 4.98 Å². The molecule has 0 radical (unpaired) electrons. The van der Waals surface area contributed by atoms with Crippen LogP contribution in [0.5, 0.6) is 5.75 Å². The van der Waals surface area contributed by atoms with Crippen molar-refractivity contribution in [2.24, 2.45) is 5.92 Å². The van der Waals surface area contributed by atoms with Crippen LogP contribution in [0.4, 0.5) is 9.18 Å². The van der Waals surface area contributed by atoms with Crippen LogP contribution >= 0.6 is 0 Å². The second kappa shape index (κ2) is 8.46. The molecule has 0 bridgehead atoms. The first-order valence-electron chi connectivity index (χ1n) is 9.32. The molecule has 1 atom stereocenters. The fourth-order valence-electron chi connectivity index (χ4n) is 3.40. The Labute approximate surface area is 169 Å². The van der Waals surface area contributed by atoms with Crippen molar-refractivity contribution in [1.29, 1.82) is 0 Å². The third-order valence-corrected chi connectivity index (χ3v) is 5.71. The molecule has 1 heterocycles. The Morgan fingerprint density at radius 2 is 1.93 bits per heavy atom. The average molecular weight is 421 g/mol. The lowest BCUT2D eigenvalue weighted by atomic mass is 9.79. The summed E-state index contributed by atoms with van der Waals surface area (Å²) in [6.07, 6.45) is 6.93. The highest BCUT2D eigenvalue weighted by atomic mass is 32.2. The van der Waals surface area contributed by atoms with E-state index in [1.165, 1.54) is 25.2 Å². The van der Waals surface area contributed by atoms with E-state index in [4.69, 9.17) is 4.74 Å². The van der Waals surface area contributed by atoms with E-state index in [1.54, 1.807) is 24.5 Å². The summed E-state index contributed by atoms with van der Waals surface area (Å²) in [5.74, 6) is -0.454. The van der Waals surface area contributed by atoms with Crippen LogP contribution in [0.2, 0.25) is 0 Å². The number of nitrogens with zero attached hydrogens (tertiary/aromatic N) is 1. The molecule has 29 heavy (non-hydrogen) atoms. The molecule has 3 rings (SSSR count). The summed E-state index contributed by atoms with van der Waals surface area (Å²) in [6, 6.07) is 7.51. The fraction of sp³-hybridized carbons (Fsp3) is 0.400. The van der Waals surface area contributed by atoms with E-state index in [1.807, 2.05) is 0 Å². The van der Waals surface area contributed by atoms with Crippen molar-refractivity contribution in [3.63, 3.8) is 0 Å². The molecular formula is C20H24FN3O4S. The number of carbonyl (C=O) groups is 1. The Kier molecular flexibility index (Phi) is 6.18. The molecule has 2 N–H and O–H groups in total. The minimum Gasteiger partial charge on any atom is -0.407 e. The molecule has 1 aromatic heterocycles. The van der Waals surface area contributed by atoms with E-state index < -0.39 is 27.5 Å². The minimum absolute atomic E-state index is 0.276. The van der Waals surface area contributed by atoms with E-state index in [2.05, 4.69) is 15.0 Å². The van der Waals surface area contributed by atoms with Crippen LogP contribution in [0.15, 0.2) is 42.7 Å². The first-order valence-corrected chi connectivity index (χ1v) is 11.2. The summed E-state index contributed by atoms with van der Waals surface area (Å²) < 4.78 is 46.7. The quantitative estimate of drug-likeness (QED) is 0.683. The molecule has 156 valence electrons. The van der Waals surface area contributed by atoms with Gasteiger partial charge in [0, 0.05) is 19.4 Å². The number of amides is 1. The summed E-state index contributed by atoms with van der Waals surface area (Å²) in [5.41, 5.74) is 0.0133. The van der Waals surface area contributed by atoms with Crippen LogP contribution in [0.1, 0.15) is 36.8 Å². The number of rotatable bonds is 8. The molecule has 1 fully saturated rings. The summed E-state index contributed by atoms with van der Waals surface area (Å²) in [7, 11) is -2.27. The number of sulfonamides is 1. The van der Waals surface area contributed by atoms with E-state index in [9.17, 15) is 17.6 Å². The second-order valence-corrected chi connectivity index (χ2v) is 9.03. The zero-order chi connectivity index (χ0) is 21.1. The molecule has 0 aliphatic heterocycles. The monoisotopic (exact) mass is 421 g/mol. The summed E-state index contributed by atoms with van der Waals surface area (Å²) in [6.45, 7) is 0. The molecule has 1 aliphatic carbocycles. The Bertz CT molecular complexity index is 980. The van der Waals surface area contributed by atoms with Crippen LogP contribution in [0.3, 0.4) is 0 Å². The molecule has 1 saturated carbocycles. The number of carbonyl (C=O) groups excluding carboxylic acids is 1. The van der Waals surface area contributed by atoms with Crippen LogP contribution in [-0.4, -0.2) is 32.8 Å². The number of halogens is 1. The van der Waals surface area contributed by atoms with Crippen molar-refractivity contribution in [2.45, 2.75) is 31.2 Å². The highest BCUT2D eigenvalue weighted by Gasteiger charge is 2.39. The molecule has 2 aromatic rings. The van der Waals surface area contributed by atoms with Gasteiger partial charge in [-0.25, -0.2) is 22.3 Å². The first-order chi connectivity index (χ1) is 13.7. The van der Waals surface area contributed by atoms with Gasteiger partial charge < -0.3 is 10.1 Å². The number of benzene rings is 1. The maximum Gasteiger partial charge on any atom is 0.412 e. The van der Waals surface area contributed by atoms with Crippen LogP contribution in [0, 0.1) is 11.7 Å². The molecule has 0 spiro atoms. The lowest BCUT2D eigenvalue weighted by Crippen LogP contribution is -2.46. The lowest BCUT2D eigenvalue weighted by Gasteiger charge is -2.35. The largest absolute Gasteiger partial charge is 0.412 e. The molecule has 1 aromatic carbocycles. The number of ether oxygens (including phenoxy) is 1. The smallest absolute Gasteiger partial charge is 0.407 e. The Morgan fingerprint density at radius 1 is 1.24 bits per heavy atom. The van der Waals surface area contributed by atoms with Crippen molar-refractivity contribution in [1.82, 2.24) is 15.0 Å². The molecule has 1 unspecified atom stereocenters. The van der Waals surface area contributed by atoms with E-state index in [0.717, 1.165) is 25.5 Å². The van der Waals surface area contributed by atoms with Gasteiger partial charge in [0.15, 0.2) is 11.6 Å². The molecular weight excluding hydrogens is 397 g/mol. The topological polar surface area (TPSA) is 97.4 Å².